The van der Waals surface area contributed by atoms with Gasteiger partial charge in [-0.15, -0.1) is 0 Å². The zero-order valence-corrected chi connectivity index (χ0v) is 16.1. The van der Waals surface area contributed by atoms with E-state index in [0.717, 1.165) is 5.56 Å². The minimum Gasteiger partial charge on any atom is -0.485 e. The molecule has 2 aromatic carbocycles. The maximum Gasteiger partial charge on any atom is 0.324 e. The van der Waals surface area contributed by atoms with E-state index < -0.39 is 6.03 Å². The number of hydrogen-bond acceptors (Lipinski definition) is 3. The van der Waals surface area contributed by atoms with Crippen molar-refractivity contribution in [1.82, 2.24) is 4.98 Å². The number of carbonyl (C=O) groups excluding carboxylic acids is 1. The van der Waals surface area contributed by atoms with Crippen molar-refractivity contribution in [2.75, 3.05) is 10.6 Å². The number of pyridine rings is 1. The molecule has 1 heterocycles. The lowest BCUT2D eigenvalue weighted by atomic mass is 10.2. The van der Waals surface area contributed by atoms with Crippen molar-refractivity contribution in [2.24, 2.45) is 0 Å². The van der Waals surface area contributed by atoms with Gasteiger partial charge in [-0.05, 0) is 36.4 Å². The summed E-state index contributed by atoms with van der Waals surface area (Å²) in [5.41, 5.74) is 1.32. The van der Waals surface area contributed by atoms with Crippen LogP contribution >= 0.6 is 34.8 Å². The third-order valence-electron chi connectivity index (χ3n) is 3.52. The molecule has 0 atom stereocenters. The Labute approximate surface area is 171 Å². The van der Waals surface area contributed by atoms with Gasteiger partial charge in [-0.2, -0.15) is 0 Å². The highest BCUT2D eigenvalue weighted by molar-refractivity contribution is 6.42. The lowest BCUT2D eigenvalue weighted by Gasteiger charge is -2.13. The van der Waals surface area contributed by atoms with Gasteiger partial charge < -0.3 is 10.1 Å². The fourth-order valence-electron chi connectivity index (χ4n) is 2.22. The summed E-state index contributed by atoms with van der Waals surface area (Å²) < 4.78 is 5.76. The average molecular weight is 423 g/mol. The van der Waals surface area contributed by atoms with E-state index in [9.17, 15) is 4.79 Å². The molecule has 0 saturated carbocycles. The van der Waals surface area contributed by atoms with E-state index in [1.54, 1.807) is 42.6 Å². The Hall–Kier alpha value is -2.47. The Morgan fingerprint density at radius 2 is 1.74 bits per heavy atom. The van der Waals surface area contributed by atoms with E-state index >= 15 is 0 Å². The molecule has 2 amide bonds. The van der Waals surface area contributed by atoms with Crippen LogP contribution in [0.4, 0.5) is 16.3 Å². The molecule has 0 fully saturated rings. The molecule has 3 aromatic rings. The van der Waals surface area contributed by atoms with Crippen molar-refractivity contribution >= 4 is 52.3 Å². The van der Waals surface area contributed by atoms with Gasteiger partial charge in [-0.25, -0.2) is 9.78 Å². The molecule has 0 spiro atoms. The molecule has 0 aliphatic rings. The smallest absolute Gasteiger partial charge is 0.324 e. The first-order valence-corrected chi connectivity index (χ1v) is 9.00. The molecule has 0 aliphatic carbocycles. The molecule has 1 aromatic heterocycles. The highest BCUT2D eigenvalue weighted by atomic mass is 35.5. The summed E-state index contributed by atoms with van der Waals surface area (Å²) >= 11 is 17.9. The first kappa shape index (κ1) is 19.3. The Kier molecular flexibility index (Phi) is 6.40. The molecule has 27 heavy (non-hydrogen) atoms. The van der Waals surface area contributed by atoms with Gasteiger partial charge in [0.2, 0.25) is 0 Å². The average Bonchev–Trinajstić information content (AvgIpc) is 2.65. The van der Waals surface area contributed by atoms with Crippen molar-refractivity contribution in [3.05, 3.63) is 81.4 Å². The first-order chi connectivity index (χ1) is 13.0. The van der Waals surface area contributed by atoms with Gasteiger partial charge in [0.25, 0.3) is 0 Å². The number of urea groups is 1. The minimum absolute atomic E-state index is 0.245. The van der Waals surface area contributed by atoms with Gasteiger partial charge >= 0.3 is 6.03 Å². The number of benzene rings is 2. The van der Waals surface area contributed by atoms with E-state index in [4.69, 9.17) is 39.5 Å². The van der Waals surface area contributed by atoms with E-state index in [1.165, 1.54) is 0 Å². The van der Waals surface area contributed by atoms with Crippen LogP contribution in [0.1, 0.15) is 5.56 Å². The Balaban J connectivity index is 1.67. The molecule has 0 unspecified atom stereocenters. The number of rotatable bonds is 5. The molecule has 138 valence electrons. The van der Waals surface area contributed by atoms with E-state index in [0.29, 0.717) is 26.5 Å². The van der Waals surface area contributed by atoms with Crippen LogP contribution < -0.4 is 15.4 Å². The molecule has 2 N–H and O–H groups in total. The van der Waals surface area contributed by atoms with Crippen LogP contribution in [0.3, 0.4) is 0 Å². The molecule has 0 bridgehead atoms. The number of carbonyl (C=O) groups is 1. The zero-order chi connectivity index (χ0) is 19.2. The van der Waals surface area contributed by atoms with Crippen LogP contribution in [-0.2, 0) is 6.61 Å². The number of anilines is 2. The van der Waals surface area contributed by atoms with Gasteiger partial charge in [-0.1, -0.05) is 53.0 Å². The Morgan fingerprint density at radius 1 is 0.926 bits per heavy atom. The maximum absolute atomic E-state index is 12.2. The first-order valence-electron chi connectivity index (χ1n) is 7.87. The summed E-state index contributed by atoms with van der Waals surface area (Å²) in [6.07, 6.45) is 1.55. The van der Waals surface area contributed by atoms with Crippen LogP contribution in [0.2, 0.25) is 15.1 Å². The van der Waals surface area contributed by atoms with E-state index in [1.807, 2.05) is 18.2 Å². The molecular weight excluding hydrogens is 409 g/mol. The fourth-order valence-corrected chi connectivity index (χ4v) is 2.70. The fraction of sp³-hybridized carbons (Fsp3) is 0.0526. The Morgan fingerprint density at radius 3 is 2.52 bits per heavy atom. The summed E-state index contributed by atoms with van der Waals surface area (Å²) in [4.78, 5) is 16.4. The second-order valence-electron chi connectivity index (χ2n) is 5.44. The largest absolute Gasteiger partial charge is 0.485 e. The van der Waals surface area contributed by atoms with Gasteiger partial charge in [0, 0.05) is 22.5 Å². The van der Waals surface area contributed by atoms with Gasteiger partial charge in [0.1, 0.15) is 6.61 Å². The zero-order valence-electron chi connectivity index (χ0n) is 13.9. The van der Waals surface area contributed by atoms with Gasteiger partial charge in [0.05, 0.1) is 10.0 Å². The van der Waals surface area contributed by atoms with Gasteiger partial charge in [0.15, 0.2) is 11.6 Å². The number of hydrogen-bond donors (Lipinski definition) is 2. The molecule has 5 nitrogen and oxygen atoms in total. The van der Waals surface area contributed by atoms with Crippen molar-refractivity contribution in [1.29, 1.82) is 0 Å². The number of aromatic nitrogens is 1. The van der Waals surface area contributed by atoms with Crippen LogP contribution in [0.25, 0.3) is 0 Å². The van der Waals surface area contributed by atoms with E-state index in [2.05, 4.69) is 15.6 Å². The third kappa shape index (κ3) is 5.26. The highest BCUT2D eigenvalue weighted by Gasteiger charge is 2.11. The van der Waals surface area contributed by atoms with Crippen molar-refractivity contribution in [3.8, 4) is 5.75 Å². The molecule has 8 heteroatoms. The quantitative estimate of drug-likeness (QED) is 0.509. The summed E-state index contributed by atoms with van der Waals surface area (Å²) in [6, 6.07) is 15.1. The lowest BCUT2D eigenvalue weighted by molar-refractivity contribution is 0.261. The topological polar surface area (TPSA) is 63.2 Å². The lowest BCUT2D eigenvalue weighted by Crippen LogP contribution is -2.20. The third-order valence-corrected chi connectivity index (χ3v) is 4.63. The standard InChI is InChI=1S/C19H14Cl3N3O2/c20-14-5-2-1-4-12(14)11-27-17-6-3-9-23-18(17)25-19(26)24-13-7-8-15(21)16(22)10-13/h1-10H,11H2,(H2,23,24,25,26). The van der Waals surface area contributed by atoms with E-state index in [-0.39, 0.29) is 12.4 Å². The maximum atomic E-state index is 12.2. The van der Waals surface area contributed by atoms with Crippen molar-refractivity contribution in [3.63, 3.8) is 0 Å². The number of halogens is 3. The van der Waals surface area contributed by atoms with Crippen LogP contribution in [0.5, 0.6) is 5.75 Å². The predicted molar refractivity (Wildman–Crippen MR) is 109 cm³/mol. The summed E-state index contributed by atoms with van der Waals surface area (Å²) in [6.45, 7) is 0.245. The summed E-state index contributed by atoms with van der Waals surface area (Å²) in [5, 5.41) is 6.66. The van der Waals surface area contributed by atoms with Crippen molar-refractivity contribution < 1.29 is 9.53 Å². The summed E-state index contributed by atoms with van der Waals surface area (Å²) in [5.74, 6) is 0.698. The molecule has 3 rings (SSSR count). The molecular formula is C19H14Cl3N3O2. The molecule has 0 radical (unpaired) electrons. The van der Waals surface area contributed by atoms with Crippen molar-refractivity contribution in [2.45, 2.75) is 6.61 Å². The number of nitrogens with one attached hydrogen (secondary N) is 2. The van der Waals surface area contributed by atoms with Crippen LogP contribution in [0.15, 0.2) is 60.8 Å². The highest BCUT2D eigenvalue weighted by Crippen LogP contribution is 2.26. The molecule has 0 saturated heterocycles. The van der Waals surface area contributed by atoms with Gasteiger partial charge in [-0.3, -0.25) is 5.32 Å². The van der Waals surface area contributed by atoms with Crippen LogP contribution in [-0.4, -0.2) is 11.0 Å². The summed E-state index contributed by atoms with van der Waals surface area (Å²) in [7, 11) is 0. The number of ether oxygens (including phenoxy) is 1. The SMILES string of the molecule is O=C(Nc1ccc(Cl)c(Cl)c1)Nc1ncccc1OCc1ccccc1Cl. The predicted octanol–water partition coefficient (Wildman–Crippen LogP) is 6.26. The second kappa shape index (κ2) is 8.95. The Bertz CT molecular complexity index is 966. The minimum atomic E-state index is -0.491. The van der Waals surface area contributed by atoms with Crippen LogP contribution in [0, 0.1) is 0 Å². The normalized spacial score (nSPS) is 10.3. The monoisotopic (exact) mass is 421 g/mol. The number of nitrogens with zero attached hydrogens (tertiary/aromatic N) is 1. The number of amides is 2. The second-order valence-corrected chi connectivity index (χ2v) is 6.66. The molecule has 0 aliphatic heterocycles.